The fourth-order valence-electron chi connectivity index (χ4n) is 2.84. The van der Waals surface area contributed by atoms with E-state index in [2.05, 4.69) is 15.5 Å². The molecular formula is C24H18FN3O2S. The van der Waals surface area contributed by atoms with Gasteiger partial charge in [-0.2, -0.15) is 5.10 Å². The average molecular weight is 431 g/mol. The smallest absolute Gasteiger partial charge is 0.343 e. The summed E-state index contributed by atoms with van der Waals surface area (Å²) in [5.74, 6) is -0.558. The molecule has 31 heavy (non-hydrogen) atoms. The summed E-state index contributed by atoms with van der Waals surface area (Å²) in [7, 11) is 0. The van der Waals surface area contributed by atoms with Crippen LogP contribution >= 0.6 is 11.3 Å². The fourth-order valence-corrected chi connectivity index (χ4v) is 3.63. The third kappa shape index (κ3) is 5.21. The van der Waals surface area contributed by atoms with Crippen molar-refractivity contribution in [3.05, 3.63) is 101 Å². The van der Waals surface area contributed by atoms with Crippen molar-refractivity contribution in [1.29, 1.82) is 0 Å². The van der Waals surface area contributed by atoms with Gasteiger partial charge in [-0.1, -0.05) is 30.3 Å². The highest BCUT2D eigenvalue weighted by Crippen LogP contribution is 2.30. The number of aromatic nitrogens is 1. The Morgan fingerprint density at radius 3 is 2.45 bits per heavy atom. The van der Waals surface area contributed by atoms with E-state index in [0.717, 1.165) is 21.7 Å². The van der Waals surface area contributed by atoms with Gasteiger partial charge in [0.05, 0.1) is 17.5 Å². The van der Waals surface area contributed by atoms with E-state index in [1.807, 2.05) is 37.3 Å². The third-order valence-electron chi connectivity index (χ3n) is 4.39. The molecule has 7 heteroatoms. The van der Waals surface area contributed by atoms with Gasteiger partial charge in [-0.3, -0.25) is 5.43 Å². The zero-order valence-electron chi connectivity index (χ0n) is 16.6. The lowest BCUT2D eigenvalue weighted by Crippen LogP contribution is -2.08. The second-order valence-corrected chi connectivity index (χ2v) is 7.83. The molecule has 0 aliphatic rings. The van der Waals surface area contributed by atoms with Gasteiger partial charge in [0, 0.05) is 10.4 Å². The standard InChI is InChI=1S/C24H18FN3O2S/c1-16-22(18-5-3-2-4-6-18)27-24(31-16)28-26-15-17-7-13-21(14-8-17)30-23(29)19-9-11-20(25)12-10-19/h2-15H,1H3,(H,27,28)/b26-15-. The van der Waals surface area contributed by atoms with Crippen LogP contribution in [0.25, 0.3) is 11.3 Å². The predicted octanol–water partition coefficient (Wildman–Crippen LogP) is 5.92. The molecule has 4 rings (SSSR count). The number of benzene rings is 3. The lowest BCUT2D eigenvalue weighted by Gasteiger charge is -2.04. The highest BCUT2D eigenvalue weighted by molar-refractivity contribution is 7.15. The topological polar surface area (TPSA) is 63.6 Å². The number of carbonyl (C=O) groups is 1. The van der Waals surface area contributed by atoms with Crippen molar-refractivity contribution in [2.45, 2.75) is 6.92 Å². The molecule has 1 N–H and O–H groups in total. The summed E-state index contributed by atoms with van der Waals surface area (Å²) in [6.07, 6.45) is 1.66. The van der Waals surface area contributed by atoms with Crippen molar-refractivity contribution in [1.82, 2.24) is 4.98 Å². The highest BCUT2D eigenvalue weighted by atomic mass is 32.1. The molecule has 0 atom stereocenters. The number of aryl methyl sites for hydroxylation is 1. The number of nitrogens with zero attached hydrogens (tertiary/aromatic N) is 2. The Hall–Kier alpha value is -3.84. The Bertz CT molecular complexity index is 1200. The van der Waals surface area contributed by atoms with Crippen molar-refractivity contribution in [3.8, 4) is 17.0 Å². The van der Waals surface area contributed by atoms with Gasteiger partial charge in [0.15, 0.2) is 0 Å². The maximum Gasteiger partial charge on any atom is 0.343 e. The predicted molar refractivity (Wildman–Crippen MR) is 121 cm³/mol. The number of anilines is 1. The molecular weight excluding hydrogens is 413 g/mol. The minimum Gasteiger partial charge on any atom is -0.423 e. The Morgan fingerprint density at radius 2 is 1.74 bits per heavy atom. The molecule has 0 spiro atoms. The molecule has 0 amide bonds. The first kappa shape index (κ1) is 20.4. The molecule has 1 aromatic heterocycles. The van der Waals surface area contributed by atoms with Gasteiger partial charge in [0.1, 0.15) is 11.6 Å². The van der Waals surface area contributed by atoms with E-state index < -0.39 is 11.8 Å². The highest BCUT2D eigenvalue weighted by Gasteiger charge is 2.10. The molecule has 0 aliphatic carbocycles. The van der Waals surface area contributed by atoms with Crippen molar-refractivity contribution < 1.29 is 13.9 Å². The molecule has 0 saturated heterocycles. The summed E-state index contributed by atoms with van der Waals surface area (Å²) in [5.41, 5.74) is 6.07. The van der Waals surface area contributed by atoms with Crippen LogP contribution < -0.4 is 10.2 Å². The molecule has 4 aromatic rings. The molecule has 3 aromatic carbocycles. The molecule has 0 aliphatic heterocycles. The van der Waals surface area contributed by atoms with E-state index >= 15 is 0 Å². The molecule has 0 fully saturated rings. The maximum atomic E-state index is 13.0. The van der Waals surface area contributed by atoms with Crippen LogP contribution in [0.1, 0.15) is 20.8 Å². The van der Waals surface area contributed by atoms with Crippen LogP contribution in [0.5, 0.6) is 5.75 Å². The van der Waals surface area contributed by atoms with Crippen molar-refractivity contribution >= 4 is 28.7 Å². The molecule has 0 unspecified atom stereocenters. The van der Waals surface area contributed by atoms with Gasteiger partial charge in [0.25, 0.3) is 0 Å². The Morgan fingerprint density at radius 1 is 1.03 bits per heavy atom. The summed E-state index contributed by atoms with van der Waals surface area (Å²) in [6.45, 7) is 2.03. The van der Waals surface area contributed by atoms with E-state index in [1.54, 1.807) is 30.5 Å². The summed E-state index contributed by atoms with van der Waals surface area (Å²) in [6, 6.07) is 22.1. The number of esters is 1. The number of hydrazone groups is 1. The number of rotatable bonds is 6. The van der Waals surface area contributed by atoms with E-state index in [1.165, 1.54) is 35.6 Å². The zero-order chi connectivity index (χ0) is 21.6. The van der Waals surface area contributed by atoms with Crippen LogP contribution in [-0.4, -0.2) is 17.2 Å². The molecule has 0 radical (unpaired) electrons. The molecule has 154 valence electrons. The van der Waals surface area contributed by atoms with Gasteiger partial charge < -0.3 is 4.74 Å². The number of thiazole rings is 1. The number of ether oxygens (including phenoxy) is 1. The van der Waals surface area contributed by atoms with Gasteiger partial charge >= 0.3 is 5.97 Å². The van der Waals surface area contributed by atoms with Gasteiger partial charge in [-0.25, -0.2) is 14.2 Å². The van der Waals surface area contributed by atoms with Crippen molar-refractivity contribution in [2.24, 2.45) is 5.10 Å². The van der Waals surface area contributed by atoms with Crippen LogP contribution in [0.2, 0.25) is 0 Å². The monoisotopic (exact) mass is 431 g/mol. The minimum absolute atomic E-state index is 0.282. The molecule has 0 bridgehead atoms. The number of halogens is 1. The summed E-state index contributed by atoms with van der Waals surface area (Å²) >= 11 is 1.54. The Balaban J connectivity index is 1.36. The van der Waals surface area contributed by atoms with E-state index in [-0.39, 0.29) is 5.56 Å². The first-order valence-electron chi connectivity index (χ1n) is 9.48. The number of nitrogens with one attached hydrogen (secondary N) is 1. The minimum atomic E-state index is -0.545. The SMILES string of the molecule is Cc1sc(N/N=C\c2ccc(OC(=O)c3ccc(F)cc3)cc2)nc1-c1ccccc1. The van der Waals surface area contributed by atoms with Crippen LogP contribution in [-0.2, 0) is 0 Å². The van der Waals surface area contributed by atoms with Gasteiger partial charge in [0.2, 0.25) is 5.13 Å². The Labute approximate surface area is 182 Å². The summed E-state index contributed by atoms with van der Waals surface area (Å²) < 4.78 is 18.3. The van der Waals surface area contributed by atoms with Gasteiger partial charge in [-0.05, 0) is 61.0 Å². The summed E-state index contributed by atoms with van der Waals surface area (Å²) in [5, 5.41) is 4.94. The summed E-state index contributed by atoms with van der Waals surface area (Å²) in [4.78, 5) is 17.8. The second kappa shape index (κ2) is 9.32. The van der Waals surface area contributed by atoms with Crippen LogP contribution in [0, 0.1) is 12.7 Å². The molecule has 1 heterocycles. The van der Waals surface area contributed by atoms with Crippen LogP contribution in [0.15, 0.2) is 84.0 Å². The number of carbonyl (C=O) groups excluding carboxylic acids is 1. The molecule has 0 saturated carbocycles. The fraction of sp³-hybridized carbons (Fsp3) is 0.0417. The van der Waals surface area contributed by atoms with E-state index in [4.69, 9.17) is 4.74 Å². The van der Waals surface area contributed by atoms with Crippen LogP contribution in [0.3, 0.4) is 0 Å². The third-order valence-corrected chi connectivity index (χ3v) is 5.26. The number of hydrogen-bond acceptors (Lipinski definition) is 6. The van der Waals surface area contributed by atoms with Gasteiger partial charge in [-0.15, -0.1) is 11.3 Å². The van der Waals surface area contributed by atoms with Crippen LogP contribution in [0.4, 0.5) is 9.52 Å². The van der Waals surface area contributed by atoms with E-state index in [0.29, 0.717) is 10.9 Å². The van der Waals surface area contributed by atoms with E-state index in [9.17, 15) is 9.18 Å². The number of hydrogen-bond donors (Lipinski definition) is 1. The normalized spacial score (nSPS) is 10.9. The van der Waals surface area contributed by atoms with Crippen molar-refractivity contribution in [3.63, 3.8) is 0 Å². The Kier molecular flexibility index (Phi) is 6.14. The first-order chi connectivity index (χ1) is 15.1. The molecule has 5 nitrogen and oxygen atoms in total. The van der Waals surface area contributed by atoms with Crippen molar-refractivity contribution in [2.75, 3.05) is 5.43 Å². The first-order valence-corrected chi connectivity index (χ1v) is 10.3. The largest absolute Gasteiger partial charge is 0.423 e. The second-order valence-electron chi connectivity index (χ2n) is 6.63. The maximum absolute atomic E-state index is 13.0. The quantitative estimate of drug-likeness (QED) is 0.178. The lowest BCUT2D eigenvalue weighted by atomic mass is 10.1. The zero-order valence-corrected chi connectivity index (χ0v) is 17.4. The average Bonchev–Trinajstić information content (AvgIpc) is 3.16. The lowest BCUT2D eigenvalue weighted by molar-refractivity contribution is 0.0734.